The third-order valence-corrected chi connectivity index (χ3v) is 11.0. The lowest BCUT2D eigenvalue weighted by atomic mass is 10.00. The molecule has 1 unspecified atom stereocenters. The van der Waals surface area contributed by atoms with Crippen LogP contribution >= 0.6 is 0 Å². The lowest BCUT2D eigenvalue weighted by molar-refractivity contribution is 0.674. The largest absolute Gasteiger partial charge is 0.344 e. The van der Waals surface area contributed by atoms with E-state index in [1.54, 1.807) is 0 Å². The number of nitrogens with one attached hydrogen (secondary N) is 1. The second-order valence-corrected chi connectivity index (χ2v) is 14.2. The fraction of sp³-hybridized carbons (Fsp3) is 0.0196. The van der Waals surface area contributed by atoms with Crippen LogP contribution in [0.25, 0.3) is 66.1 Å². The summed E-state index contributed by atoms with van der Waals surface area (Å²) in [5.41, 5.74) is 12.2. The third-order valence-electron chi connectivity index (χ3n) is 11.0. The van der Waals surface area contributed by atoms with Crippen molar-refractivity contribution in [2.75, 3.05) is 0 Å². The smallest absolute Gasteiger partial charge is 0.159 e. The van der Waals surface area contributed by atoms with Gasteiger partial charge in [0.05, 0.1) is 33.4 Å². The standard InChI is InChI=1S/C51H35N5/c1-4-17-34(18-5-1)38-32-31-37(51-53-49(35-19-6-2-7-20-35)52-50(54-51)36-21-8-3-9-22-36)33-47(38)56-44-28-15-12-25-41(44)48-45(29-16-30-46(48)56)55-42-26-13-10-23-39(42)40-24-11-14-27-43(40)55/h1-33,49H,(H,52,53,54). The minimum Gasteiger partial charge on any atom is -0.344 e. The number of benzene rings is 8. The van der Waals surface area contributed by atoms with Crippen molar-refractivity contribution in [2.24, 2.45) is 9.98 Å². The van der Waals surface area contributed by atoms with Crippen LogP contribution in [0.2, 0.25) is 0 Å². The Bertz CT molecular complexity index is 3100. The Morgan fingerprint density at radius 2 is 0.946 bits per heavy atom. The molecule has 0 spiro atoms. The van der Waals surface area contributed by atoms with Crippen molar-refractivity contribution in [3.05, 3.63) is 217 Å². The summed E-state index contributed by atoms with van der Waals surface area (Å²) < 4.78 is 4.87. The monoisotopic (exact) mass is 717 g/mol. The van der Waals surface area contributed by atoms with Gasteiger partial charge in [0.1, 0.15) is 12.0 Å². The number of fused-ring (bicyclic) bond motifs is 6. The average Bonchev–Trinajstić information content (AvgIpc) is 3.80. The molecule has 56 heavy (non-hydrogen) atoms. The summed E-state index contributed by atoms with van der Waals surface area (Å²) in [6, 6.07) is 71.0. The maximum atomic E-state index is 5.26. The van der Waals surface area contributed by atoms with E-state index >= 15 is 0 Å². The number of para-hydroxylation sites is 3. The van der Waals surface area contributed by atoms with E-state index in [0.29, 0.717) is 5.84 Å². The molecule has 3 heterocycles. The zero-order valence-corrected chi connectivity index (χ0v) is 30.4. The topological polar surface area (TPSA) is 46.6 Å². The summed E-state index contributed by atoms with van der Waals surface area (Å²) >= 11 is 0. The van der Waals surface area contributed by atoms with Crippen LogP contribution in [-0.2, 0) is 0 Å². The Labute approximate surface area is 324 Å². The van der Waals surface area contributed by atoms with E-state index in [-0.39, 0.29) is 6.17 Å². The number of amidine groups is 2. The van der Waals surface area contributed by atoms with Gasteiger partial charge >= 0.3 is 0 Å². The summed E-state index contributed by atoms with van der Waals surface area (Å²) in [5, 5.41) is 8.50. The molecule has 2 aromatic heterocycles. The van der Waals surface area contributed by atoms with Gasteiger partial charge in [-0.05, 0) is 47.5 Å². The van der Waals surface area contributed by atoms with Crippen molar-refractivity contribution >= 4 is 55.3 Å². The lowest BCUT2D eigenvalue weighted by Crippen LogP contribution is -2.33. The van der Waals surface area contributed by atoms with Crippen molar-refractivity contribution in [1.82, 2.24) is 14.5 Å². The van der Waals surface area contributed by atoms with Gasteiger partial charge in [-0.15, -0.1) is 0 Å². The van der Waals surface area contributed by atoms with Gasteiger partial charge in [0, 0.05) is 38.2 Å². The van der Waals surface area contributed by atoms with Gasteiger partial charge in [-0.25, -0.2) is 9.98 Å². The van der Waals surface area contributed by atoms with E-state index in [4.69, 9.17) is 9.98 Å². The van der Waals surface area contributed by atoms with Crippen molar-refractivity contribution in [3.63, 3.8) is 0 Å². The molecule has 10 aromatic rings. The molecular formula is C51H35N5. The maximum absolute atomic E-state index is 5.26. The Hall–Kier alpha value is -7.50. The SMILES string of the molecule is c1ccc(C2=NC(c3ccc(-c4ccccc4)c(-n4c5ccccc5c5c(-n6c7ccccc7c7ccccc76)cccc54)c3)=NC(c3ccccc3)N2)cc1. The van der Waals surface area contributed by atoms with Crippen LogP contribution in [0.5, 0.6) is 0 Å². The highest BCUT2D eigenvalue weighted by Crippen LogP contribution is 2.42. The molecule has 8 aromatic carbocycles. The molecule has 0 radical (unpaired) electrons. The zero-order valence-electron chi connectivity index (χ0n) is 30.4. The van der Waals surface area contributed by atoms with Crippen molar-refractivity contribution in [1.29, 1.82) is 0 Å². The molecule has 0 saturated carbocycles. The zero-order chi connectivity index (χ0) is 37.0. The second-order valence-electron chi connectivity index (χ2n) is 14.2. The molecule has 1 aliphatic rings. The molecular weight excluding hydrogens is 683 g/mol. The predicted octanol–water partition coefficient (Wildman–Crippen LogP) is 12.0. The highest BCUT2D eigenvalue weighted by molar-refractivity contribution is 6.17. The first-order valence-electron chi connectivity index (χ1n) is 19.0. The highest BCUT2D eigenvalue weighted by Gasteiger charge is 2.24. The first-order chi connectivity index (χ1) is 27.8. The van der Waals surface area contributed by atoms with Crippen molar-refractivity contribution in [3.8, 4) is 22.5 Å². The molecule has 5 nitrogen and oxygen atoms in total. The molecule has 0 bridgehead atoms. The minimum absolute atomic E-state index is 0.293. The van der Waals surface area contributed by atoms with Crippen LogP contribution in [0.1, 0.15) is 22.9 Å². The van der Waals surface area contributed by atoms with Crippen molar-refractivity contribution in [2.45, 2.75) is 6.17 Å². The molecule has 0 amide bonds. The van der Waals surface area contributed by atoms with E-state index in [0.717, 1.165) is 56.1 Å². The summed E-state index contributed by atoms with van der Waals surface area (Å²) in [6.45, 7) is 0. The molecule has 1 aliphatic heterocycles. The number of nitrogens with zero attached hydrogens (tertiary/aromatic N) is 4. The number of hydrogen-bond acceptors (Lipinski definition) is 3. The summed E-state index contributed by atoms with van der Waals surface area (Å²) in [4.78, 5) is 10.5. The number of hydrogen-bond donors (Lipinski definition) is 1. The first kappa shape index (κ1) is 32.0. The van der Waals surface area contributed by atoms with Gasteiger partial charge in [-0.3, -0.25) is 0 Å². The van der Waals surface area contributed by atoms with E-state index in [9.17, 15) is 0 Å². The summed E-state index contributed by atoms with van der Waals surface area (Å²) in [7, 11) is 0. The molecule has 11 rings (SSSR count). The molecule has 1 N–H and O–H groups in total. The van der Waals surface area contributed by atoms with E-state index < -0.39 is 0 Å². The molecule has 1 atom stereocenters. The Morgan fingerprint density at radius 3 is 1.62 bits per heavy atom. The van der Waals surface area contributed by atoms with Gasteiger partial charge in [0.2, 0.25) is 0 Å². The van der Waals surface area contributed by atoms with Crippen LogP contribution < -0.4 is 5.32 Å². The van der Waals surface area contributed by atoms with Crippen molar-refractivity contribution < 1.29 is 0 Å². The maximum Gasteiger partial charge on any atom is 0.159 e. The Morgan fingerprint density at radius 1 is 0.411 bits per heavy atom. The van der Waals surface area contributed by atoms with Gasteiger partial charge in [0.25, 0.3) is 0 Å². The van der Waals surface area contributed by atoms with E-state index in [2.05, 4.69) is 190 Å². The highest BCUT2D eigenvalue weighted by atomic mass is 15.2. The first-order valence-corrected chi connectivity index (χ1v) is 19.0. The normalized spacial score (nSPS) is 14.2. The van der Waals surface area contributed by atoms with Gasteiger partial charge in [-0.2, -0.15) is 0 Å². The van der Waals surface area contributed by atoms with E-state index in [1.807, 2.05) is 24.3 Å². The molecule has 264 valence electrons. The minimum atomic E-state index is -0.293. The van der Waals surface area contributed by atoms with Gasteiger partial charge in [-0.1, -0.05) is 164 Å². The quantitative estimate of drug-likeness (QED) is 0.183. The number of aromatic nitrogens is 2. The van der Waals surface area contributed by atoms with Crippen LogP contribution in [0.4, 0.5) is 0 Å². The second kappa shape index (κ2) is 13.1. The van der Waals surface area contributed by atoms with Crippen LogP contribution in [0, 0.1) is 0 Å². The molecule has 0 fully saturated rings. The summed E-state index contributed by atoms with van der Waals surface area (Å²) in [6.07, 6.45) is -0.293. The number of rotatable bonds is 6. The predicted molar refractivity (Wildman–Crippen MR) is 232 cm³/mol. The van der Waals surface area contributed by atoms with Gasteiger partial charge in [0.15, 0.2) is 5.84 Å². The third kappa shape index (κ3) is 5.17. The fourth-order valence-corrected chi connectivity index (χ4v) is 8.47. The average molecular weight is 718 g/mol. The molecule has 5 heteroatoms. The van der Waals surface area contributed by atoms with E-state index in [1.165, 1.54) is 32.6 Å². The van der Waals surface area contributed by atoms with Crippen LogP contribution in [0.3, 0.4) is 0 Å². The molecule has 0 aliphatic carbocycles. The van der Waals surface area contributed by atoms with Gasteiger partial charge < -0.3 is 14.5 Å². The van der Waals surface area contributed by atoms with Crippen LogP contribution in [0.15, 0.2) is 210 Å². The summed E-state index contributed by atoms with van der Waals surface area (Å²) in [5.74, 6) is 1.48. The fourth-order valence-electron chi connectivity index (χ4n) is 8.47. The Balaban J connectivity index is 1.19. The Kier molecular flexibility index (Phi) is 7.49. The lowest BCUT2D eigenvalue weighted by Gasteiger charge is -2.24. The molecule has 0 saturated heterocycles. The number of aliphatic imine (C=N–C) groups is 2. The van der Waals surface area contributed by atoms with Crippen LogP contribution in [-0.4, -0.2) is 20.8 Å².